The van der Waals surface area contributed by atoms with Gasteiger partial charge in [-0.3, -0.25) is 9.97 Å². The van der Waals surface area contributed by atoms with Crippen LogP contribution >= 0.6 is 0 Å². The van der Waals surface area contributed by atoms with Crippen molar-refractivity contribution >= 4 is 27.5 Å². The fourth-order valence-corrected chi connectivity index (χ4v) is 3.92. The predicted molar refractivity (Wildman–Crippen MR) is 131 cm³/mol. The molecule has 8 nitrogen and oxygen atoms in total. The lowest BCUT2D eigenvalue weighted by atomic mass is 10.0. The molecule has 0 bridgehead atoms. The molecule has 1 aromatic carbocycles. The van der Waals surface area contributed by atoms with Crippen molar-refractivity contribution in [3.63, 3.8) is 0 Å². The first-order chi connectivity index (χ1) is 15.9. The number of benzene rings is 1. The van der Waals surface area contributed by atoms with E-state index in [0.29, 0.717) is 41.3 Å². The molecule has 0 radical (unpaired) electrons. The van der Waals surface area contributed by atoms with Gasteiger partial charge in [0.1, 0.15) is 18.2 Å². The van der Waals surface area contributed by atoms with Crippen LogP contribution < -0.4 is 25.7 Å². The second-order valence-corrected chi connectivity index (χ2v) is 8.45. The van der Waals surface area contributed by atoms with Crippen LogP contribution in [-0.2, 0) is 0 Å². The van der Waals surface area contributed by atoms with Crippen LogP contribution in [0.5, 0.6) is 17.2 Å². The van der Waals surface area contributed by atoms with Crippen molar-refractivity contribution in [2.45, 2.75) is 26.3 Å². The SMILES string of the molecule is COc1cc2ncc3c(N)nc(-c4cncc(OC[C@H](N)CC(C)C)c4)cc3c2cc1OC. The normalized spacial score (nSPS) is 12.3. The fourth-order valence-electron chi connectivity index (χ4n) is 3.92. The van der Waals surface area contributed by atoms with E-state index < -0.39 is 0 Å². The summed E-state index contributed by atoms with van der Waals surface area (Å²) in [4.78, 5) is 13.5. The number of nitrogen functional groups attached to an aromatic ring is 1. The molecule has 0 spiro atoms. The van der Waals surface area contributed by atoms with Crippen molar-refractivity contribution in [3.05, 3.63) is 42.9 Å². The number of ether oxygens (including phenoxy) is 3. The maximum absolute atomic E-state index is 6.32. The number of pyridine rings is 3. The fraction of sp³-hybridized carbons (Fsp3) is 0.320. The Morgan fingerprint density at radius 2 is 1.67 bits per heavy atom. The first kappa shape index (κ1) is 22.5. The highest BCUT2D eigenvalue weighted by Crippen LogP contribution is 2.37. The number of methoxy groups -OCH3 is 2. The lowest BCUT2D eigenvalue weighted by molar-refractivity contribution is 0.270. The molecule has 172 valence electrons. The Labute approximate surface area is 192 Å². The first-order valence-corrected chi connectivity index (χ1v) is 10.8. The molecule has 4 N–H and O–H groups in total. The van der Waals surface area contributed by atoms with Gasteiger partial charge in [0.05, 0.1) is 31.6 Å². The number of nitrogens with two attached hydrogens (primary N) is 2. The molecule has 0 aliphatic heterocycles. The molecular formula is C25H29N5O3. The van der Waals surface area contributed by atoms with Crippen molar-refractivity contribution < 1.29 is 14.2 Å². The van der Waals surface area contributed by atoms with Crippen LogP contribution in [0.2, 0.25) is 0 Å². The zero-order valence-corrected chi connectivity index (χ0v) is 19.3. The molecule has 0 fully saturated rings. The summed E-state index contributed by atoms with van der Waals surface area (Å²) < 4.78 is 16.8. The number of fused-ring (bicyclic) bond motifs is 3. The van der Waals surface area contributed by atoms with Crippen LogP contribution in [-0.4, -0.2) is 41.8 Å². The van der Waals surface area contributed by atoms with E-state index in [-0.39, 0.29) is 6.04 Å². The van der Waals surface area contributed by atoms with Gasteiger partial charge >= 0.3 is 0 Å². The van der Waals surface area contributed by atoms with Crippen LogP contribution in [0.1, 0.15) is 20.3 Å². The van der Waals surface area contributed by atoms with Gasteiger partial charge in [0.15, 0.2) is 11.5 Å². The summed E-state index contributed by atoms with van der Waals surface area (Å²) in [5.41, 5.74) is 14.7. The predicted octanol–water partition coefficient (Wildman–Crippen LogP) is 4.20. The van der Waals surface area contributed by atoms with Crippen molar-refractivity contribution in [2.75, 3.05) is 26.6 Å². The molecule has 3 aromatic heterocycles. The molecule has 0 aliphatic carbocycles. The molecule has 4 rings (SSSR count). The summed E-state index contributed by atoms with van der Waals surface area (Å²) in [7, 11) is 3.20. The molecule has 0 aliphatic rings. The van der Waals surface area contributed by atoms with Crippen LogP contribution in [0.25, 0.3) is 32.9 Å². The van der Waals surface area contributed by atoms with Gasteiger partial charge < -0.3 is 25.7 Å². The Bertz CT molecular complexity index is 1290. The number of nitrogens with zero attached hydrogens (tertiary/aromatic N) is 3. The number of aromatic nitrogens is 3. The quantitative estimate of drug-likeness (QED) is 0.386. The van der Waals surface area contributed by atoms with Crippen LogP contribution in [0.4, 0.5) is 5.82 Å². The molecular weight excluding hydrogens is 418 g/mol. The maximum atomic E-state index is 6.32. The monoisotopic (exact) mass is 447 g/mol. The van der Waals surface area contributed by atoms with E-state index in [9.17, 15) is 0 Å². The molecule has 0 saturated carbocycles. The van der Waals surface area contributed by atoms with Gasteiger partial charge in [-0.1, -0.05) is 13.8 Å². The smallest absolute Gasteiger partial charge is 0.162 e. The van der Waals surface area contributed by atoms with E-state index in [0.717, 1.165) is 33.7 Å². The zero-order chi connectivity index (χ0) is 23.5. The zero-order valence-electron chi connectivity index (χ0n) is 19.3. The first-order valence-electron chi connectivity index (χ1n) is 10.8. The Hall–Kier alpha value is -3.65. The van der Waals surface area contributed by atoms with Crippen LogP contribution in [0, 0.1) is 5.92 Å². The van der Waals surface area contributed by atoms with E-state index in [2.05, 4.69) is 28.8 Å². The van der Waals surface area contributed by atoms with E-state index >= 15 is 0 Å². The number of hydrogen-bond acceptors (Lipinski definition) is 8. The van der Waals surface area contributed by atoms with Gasteiger partial charge in [0.2, 0.25) is 0 Å². The van der Waals surface area contributed by atoms with Crippen molar-refractivity contribution in [3.8, 4) is 28.5 Å². The summed E-state index contributed by atoms with van der Waals surface area (Å²) in [6.07, 6.45) is 6.03. The van der Waals surface area contributed by atoms with Gasteiger partial charge in [-0.05, 0) is 35.9 Å². The summed E-state index contributed by atoms with van der Waals surface area (Å²) >= 11 is 0. The van der Waals surface area contributed by atoms with E-state index in [1.807, 2.05) is 24.3 Å². The largest absolute Gasteiger partial charge is 0.493 e. The third kappa shape index (κ3) is 4.75. The average Bonchev–Trinajstić information content (AvgIpc) is 2.81. The summed E-state index contributed by atoms with van der Waals surface area (Å²) in [6.45, 7) is 4.71. The standard InChI is InChI=1S/C25H29N5O3/c1-14(2)5-16(26)13-33-17-6-15(10-28-11-17)21-7-18-19-8-23(31-3)24(32-4)9-22(19)29-12-20(18)25(27)30-21/h6-12,14,16H,5,13,26H2,1-4H3,(H2,27,30)/t16-/m1/s1. The maximum Gasteiger partial charge on any atom is 0.162 e. The minimum absolute atomic E-state index is 0.0334. The van der Waals surface area contributed by atoms with E-state index in [1.165, 1.54) is 0 Å². The molecule has 4 aromatic rings. The van der Waals surface area contributed by atoms with Gasteiger partial charge in [-0.25, -0.2) is 4.98 Å². The lowest BCUT2D eigenvalue weighted by Gasteiger charge is -2.15. The second-order valence-electron chi connectivity index (χ2n) is 8.45. The summed E-state index contributed by atoms with van der Waals surface area (Å²) in [5.74, 6) is 2.77. The van der Waals surface area contributed by atoms with E-state index in [4.69, 9.17) is 25.7 Å². The number of hydrogen-bond donors (Lipinski definition) is 2. The highest BCUT2D eigenvalue weighted by atomic mass is 16.5. The number of anilines is 1. The Balaban J connectivity index is 1.75. The lowest BCUT2D eigenvalue weighted by Crippen LogP contribution is -2.29. The molecule has 0 unspecified atom stereocenters. The summed E-state index contributed by atoms with van der Waals surface area (Å²) in [5, 5.41) is 2.56. The highest BCUT2D eigenvalue weighted by molar-refractivity contribution is 6.10. The average molecular weight is 448 g/mol. The minimum atomic E-state index is -0.0334. The molecule has 0 amide bonds. The minimum Gasteiger partial charge on any atom is -0.493 e. The van der Waals surface area contributed by atoms with Crippen LogP contribution in [0.15, 0.2) is 42.9 Å². The molecule has 0 saturated heterocycles. The molecule has 33 heavy (non-hydrogen) atoms. The van der Waals surface area contributed by atoms with Crippen molar-refractivity contribution in [1.82, 2.24) is 15.0 Å². The molecule has 8 heteroatoms. The molecule has 1 atom stereocenters. The van der Waals surface area contributed by atoms with Crippen LogP contribution in [0.3, 0.4) is 0 Å². The van der Waals surface area contributed by atoms with Crippen molar-refractivity contribution in [1.29, 1.82) is 0 Å². The number of rotatable bonds is 8. The Kier molecular flexibility index (Phi) is 6.46. The van der Waals surface area contributed by atoms with E-state index in [1.54, 1.807) is 32.8 Å². The topological polar surface area (TPSA) is 118 Å². The van der Waals surface area contributed by atoms with Gasteiger partial charge in [-0.2, -0.15) is 0 Å². The van der Waals surface area contributed by atoms with Crippen molar-refractivity contribution in [2.24, 2.45) is 11.7 Å². The highest BCUT2D eigenvalue weighted by Gasteiger charge is 2.14. The van der Waals surface area contributed by atoms with Gasteiger partial charge in [0, 0.05) is 40.8 Å². The summed E-state index contributed by atoms with van der Waals surface area (Å²) in [6, 6.07) is 7.60. The third-order valence-electron chi connectivity index (χ3n) is 5.46. The van der Waals surface area contributed by atoms with Gasteiger partial charge in [0.25, 0.3) is 0 Å². The second kappa shape index (κ2) is 9.46. The Morgan fingerprint density at radius 1 is 0.909 bits per heavy atom. The molecule has 3 heterocycles. The Morgan fingerprint density at radius 3 is 2.39 bits per heavy atom. The third-order valence-corrected chi connectivity index (χ3v) is 5.46. The van der Waals surface area contributed by atoms with Gasteiger partial charge in [-0.15, -0.1) is 0 Å².